The maximum absolute atomic E-state index is 13.6. The van der Waals surface area contributed by atoms with Crippen LogP contribution >= 0.6 is 23.5 Å². The van der Waals surface area contributed by atoms with Gasteiger partial charge in [-0.1, -0.05) is 30.0 Å². The predicted molar refractivity (Wildman–Crippen MR) is 98.1 cm³/mol. The Balaban J connectivity index is 1.89. The van der Waals surface area contributed by atoms with E-state index in [2.05, 4.69) is 27.4 Å². The number of benzene rings is 1. The number of aromatic nitrogens is 4. The Hall–Kier alpha value is -2.06. The number of thioether (sulfide) groups is 1. The van der Waals surface area contributed by atoms with Gasteiger partial charge in [0, 0.05) is 4.90 Å². The van der Waals surface area contributed by atoms with Gasteiger partial charge in [0.25, 0.3) is 0 Å². The summed E-state index contributed by atoms with van der Waals surface area (Å²) in [6, 6.07) is 10.2. The van der Waals surface area contributed by atoms with Crippen LogP contribution in [-0.2, 0) is 5.54 Å². The summed E-state index contributed by atoms with van der Waals surface area (Å²) in [5, 5.41) is 9.08. The number of anilines is 1. The van der Waals surface area contributed by atoms with Crippen molar-refractivity contribution in [1.82, 2.24) is 19.7 Å². The van der Waals surface area contributed by atoms with Crippen LogP contribution in [0.15, 0.2) is 51.3 Å². The Kier molecular flexibility index (Phi) is 3.96. The molecule has 0 atom stereocenters. The molecule has 25 heavy (non-hydrogen) atoms. The van der Waals surface area contributed by atoms with Crippen molar-refractivity contribution in [3.05, 3.63) is 48.3 Å². The topological polar surface area (TPSA) is 55.6 Å². The molecular weight excluding hydrogens is 357 g/mol. The molecule has 1 N–H and O–H groups in total. The number of halogens is 1. The molecule has 8 heteroatoms. The molecule has 0 aliphatic carbocycles. The van der Waals surface area contributed by atoms with Crippen LogP contribution in [0.3, 0.4) is 0 Å². The third kappa shape index (κ3) is 2.79. The third-order valence-electron chi connectivity index (χ3n) is 3.96. The molecule has 0 unspecified atom stereocenters. The Morgan fingerprint density at radius 1 is 1.20 bits per heavy atom. The number of nitrogens with one attached hydrogen (secondary N) is 1. The Bertz CT molecular complexity index is 940. The first-order chi connectivity index (χ1) is 12.0. The summed E-state index contributed by atoms with van der Waals surface area (Å²) in [4.78, 5) is 9.90. The molecule has 1 aliphatic rings. The number of fused-ring (bicyclic) bond motifs is 3. The lowest BCUT2D eigenvalue weighted by Gasteiger charge is -2.33. The summed E-state index contributed by atoms with van der Waals surface area (Å²) in [6.07, 6.45) is 2.77. The van der Waals surface area contributed by atoms with E-state index in [1.165, 1.54) is 6.20 Å². The molecule has 5 nitrogen and oxygen atoms in total. The van der Waals surface area contributed by atoms with Crippen LogP contribution < -0.4 is 5.32 Å². The third-order valence-corrected chi connectivity index (χ3v) is 5.86. The molecule has 2 aromatic heterocycles. The lowest BCUT2D eigenvalue weighted by molar-refractivity contribution is 0.486. The summed E-state index contributed by atoms with van der Waals surface area (Å²) >= 11 is 3.24. The van der Waals surface area contributed by atoms with E-state index >= 15 is 0 Å². The minimum atomic E-state index is -0.729. The van der Waals surface area contributed by atoms with E-state index in [0.717, 1.165) is 20.6 Å². The first-order valence-electron chi connectivity index (χ1n) is 7.71. The van der Waals surface area contributed by atoms with E-state index in [9.17, 15) is 4.39 Å². The highest BCUT2D eigenvalue weighted by Gasteiger charge is 2.36. The fourth-order valence-electron chi connectivity index (χ4n) is 2.82. The zero-order valence-corrected chi connectivity index (χ0v) is 15.6. The lowest BCUT2D eigenvalue weighted by Crippen LogP contribution is -2.36. The molecule has 0 spiro atoms. The summed E-state index contributed by atoms with van der Waals surface area (Å²) in [7, 11) is 0. The second kappa shape index (κ2) is 6.03. The standard InChI is InChI=1S/C17H16FN5S2/c1-17(2)13-11(9-19-16(18)20-13)23-14(21-17)12(15(22-23)24-3)25-10-7-5-4-6-8-10/h4-9,21H,1-3H3. The summed E-state index contributed by atoms with van der Waals surface area (Å²) in [5.41, 5.74) is 0.769. The minimum Gasteiger partial charge on any atom is -0.358 e. The quantitative estimate of drug-likeness (QED) is 0.545. The maximum atomic E-state index is 13.6. The smallest absolute Gasteiger partial charge is 0.309 e. The van der Waals surface area contributed by atoms with Gasteiger partial charge in [0.15, 0.2) is 0 Å². The van der Waals surface area contributed by atoms with E-state index in [4.69, 9.17) is 5.10 Å². The van der Waals surface area contributed by atoms with Gasteiger partial charge < -0.3 is 5.32 Å². The summed E-state index contributed by atoms with van der Waals surface area (Å²) < 4.78 is 15.3. The molecule has 128 valence electrons. The van der Waals surface area contributed by atoms with E-state index in [0.29, 0.717) is 11.4 Å². The number of hydrogen-bond acceptors (Lipinski definition) is 6. The summed E-state index contributed by atoms with van der Waals surface area (Å²) in [6.45, 7) is 3.95. The SMILES string of the molecule is CSc1nn2c(c1Sc1ccccc1)NC(C)(C)c1nc(F)ncc1-2. The van der Waals surface area contributed by atoms with Crippen LogP contribution in [0.4, 0.5) is 10.2 Å². The zero-order valence-electron chi connectivity index (χ0n) is 13.9. The van der Waals surface area contributed by atoms with E-state index in [1.807, 2.05) is 38.3 Å². The molecule has 1 aliphatic heterocycles. The van der Waals surface area contributed by atoms with Crippen molar-refractivity contribution in [3.8, 4) is 5.69 Å². The van der Waals surface area contributed by atoms with Crippen LogP contribution in [0.1, 0.15) is 19.5 Å². The van der Waals surface area contributed by atoms with Crippen LogP contribution in [0.5, 0.6) is 0 Å². The van der Waals surface area contributed by atoms with Gasteiger partial charge in [-0.25, -0.2) is 14.6 Å². The molecule has 3 aromatic rings. The van der Waals surface area contributed by atoms with Crippen LogP contribution in [0, 0.1) is 6.08 Å². The van der Waals surface area contributed by atoms with Gasteiger partial charge in [-0.05, 0) is 32.2 Å². The van der Waals surface area contributed by atoms with Gasteiger partial charge in [0.05, 0.1) is 22.3 Å². The minimum absolute atomic E-state index is 0.531. The normalized spacial score (nSPS) is 14.6. The van der Waals surface area contributed by atoms with E-state index in [-0.39, 0.29) is 0 Å². The molecule has 0 saturated heterocycles. The lowest BCUT2D eigenvalue weighted by atomic mass is 9.97. The van der Waals surface area contributed by atoms with Crippen molar-refractivity contribution in [2.45, 2.75) is 34.2 Å². The average Bonchev–Trinajstić information content (AvgIpc) is 2.93. The highest BCUT2D eigenvalue weighted by Crippen LogP contribution is 2.45. The molecule has 1 aromatic carbocycles. The van der Waals surface area contributed by atoms with Gasteiger partial charge in [-0.15, -0.1) is 11.8 Å². The number of rotatable bonds is 3. The Labute approximate surface area is 153 Å². The Morgan fingerprint density at radius 3 is 2.68 bits per heavy atom. The second-order valence-electron chi connectivity index (χ2n) is 6.14. The van der Waals surface area contributed by atoms with E-state index < -0.39 is 11.6 Å². The fourth-order valence-corrected chi connectivity index (χ4v) is 4.54. The molecule has 0 saturated carbocycles. The molecule has 3 heterocycles. The van der Waals surface area contributed by atoms with Crippen molar-refractivity contribution in [2.24, 2.45) is 0 Å². The van der Waals surface area contributed by atoms with Crippen molar-refractivity contribution in [1.29, 1.82) is 0 Å². The van der Waals surface area contributed by atoms with E-state index in [1.54, 1.807) is 28.2 Å². The zero-order chi connectivity index (χ0) is 17.6. The monoisotopic (exact) mass is 373 g/mol. The summed E-state index contributed by atoms with van der Waals surface area (Å²) in [5.74, 6) is 0.880. The Morgan fingerprint density at radius 2 is 1.96 bits per heavy atom. The number of nitrogens with zero attached hydrogens (tertiary/aromatic N) is 4. The van der Waals surface area contributed by atoms with Crippen molar-refractivity contribution in [3.63, 3.8) is 0 Å². The second-order valence-corrected chi connectivity index (χ2v) is 8.02. The maximum Gasteiger partial charge on any atom is 0.309 e. The van der Waals surface area contributed by atoms with Gasteiger partial charge in [-0.3, -0.25) is 0 Å². The molecule has 4 rings (SSSR count). The highest BCUT2D eigenvalue weighted by atomic mass is 32.2. The van der Waals surface area contributed by atoms with Gasteiger partial charge >= 0.3 is 6.08 Å². The molecule has 0 bridgehead atoms. The highest BCUT2D eigenvalue weighted by molar-refractivity contribution is 8.02. The van der Waals surface area contributed by atoms with Gasteiger partial charge in [0.2, 0.25) is 0 Å². The average molecular weight is 373 g/mol. The molecular formula is C17H16FN5S2. The van der Waals surface area contributed by atoms with Crippen molar-refractivity contribution < 1.29 is 4.39 Å². The van der Waals surface area contributed by atoms with Crippen LogP contribution in [0.25, 0.3) is 5.69 Å². The molecule has 0 amide bonds. The number of hydrogen-bond donors (Lipinski definition) is 1. The van der Waals surface area contributed by atoms with Crippen molar-refractivity contribution in [2.75, 3.05) is 11.6 Å². The fraction of sp³-hybridized carbons (Fsp3) is 0.235. The predicted octanol–water partition coefficient (Wildman–Crippen LogP) is 4.34. The van der Waals surface area contributed by atoms with Crippen LogP contribution in [-0.4, -0.2) is 26.0 Å². The van der Waals surface area contributed by atoms with Crippen molar-refractivity contribution >= 4 is 29.3 Å². The largest absolute Gasteiger partial charge is 0.358 e. The molecule has 0 fully saturated rings. The van der Waals surface area contributed by atoms with Gasteiger partial charge in [0.1, 0.15) is 16.5 Å². The van der Waals surface area contributed by atoms with Gasteiger partial charge in [-0.2, -0.15) is 9.49 Å². The van der Waals surface area contributed by atoms with Crippen LogP contribution in [0.2, 0.25) is 0 Å². The first-order valence-corrected chi connectivity index (χ1v) is 9.75. The molecule has 0 radical (unpaired) electrons. The first kappa shape index (κ1) is 16.4.